The largest absolute Gasteiger partial charge is 0.350 e. The van der Waals surface area contributed by atoms with Crippen LogP contribution in [0.5, 0.6) is 0 Å². The van der Waals surface area contributed by atoms with Crippen LogP contribution in [0, 0.1) is 13.8 Å². The van der Waals surface area contributed by atoms with E-state index >= 15 is 0 Å². The van der Waals surface area contributed by atoms with Crippen LogP contribution in [-0.2, 0) is 9.59 Å². The van der Waals surface area contributed by atoms with Gasteiger partial charge in [0, 0.05) is 10.7 Å². The van der Waals surface area contributed by atoms with Gasteiger partial charge in [0.15, 0.2) is 0 Å². The van der Waals surface area contributed by atoms with E-state index in [1.807, 2.05) is 50.2 Å². The number of carbonyl (C=O) groups excluding carboxylic acids is 2. The van der Waals surface area contributed by atoms with Crippen LogP contribution in [0.4, 0.5) is 11.4 Å². The van der Waals surface area contributed by atoms with Gasteiger partial charge in [-0.1, -0.05) is 55.8 Å². The molecular weight excluding hydrogens is 420 g/mol. The molecule has 1 aliphatic rings. The fraction of sp³-hybridized carbons (Fsp3) is 0.185. The molecule has 0 saturated carbocycles. The second-order valence-electron chi connectivity index (χ2n) is 8.45. The van der Waals surface area contributed by atoms with Gasteiger partial charge in [-0.15, -0.1) is 0 Å². The maximum Gasteiger partial charge on any atom is 0.282 e. The zero-order valence-corrected chi connectivity index (χ0v) is 19.3. The Labute approximate surface area is 193 Å². The van der Waals surface area contributed by atoms with Gasteiger partial charge in [-0.25, -0.2) is 4.90 Å². The smallest absolute Gasteiger partial charge is 0.282 e. The number of rotatable bonds is 5. The van der Waals surface area contributed by atoms with Crippen molar-refractivity contribution in [1.82, 2.24) is 0 Å². The molecule has 0 spiro atoms. The fourth-order valence-electron chi connectivity index (χ4n) is 3.96. The minimum Gasteiger partial charge on any atom is -0.350 e. The normalized spacial score (nSPS) is 14.0. The molecule has 4 rings (SSSR count). The van der Waals surface area contributed by atoms with Crippen LogP contribution >= 0.6 is 11.6 Å². The highest BCUT2D eigenvalue weighted by molar-refractivity contribution is 6.46. The van der Waals surface area contributed by atoms with Gasteiger partial charge in [0.2, 0.25) is 0 Å². The molecule has 0 bridgehead atoms. The van der Waals surface area contributed by atoms with Crippen LogP contribution in [-0.4, -0.2) is 11.8 Å². The predicted molar refractivity (Wildman–Crippen MR) is 131 cm³/mol. The number of aryl methyl sites for hydroxylation is 2. The average molecular weight is 445 g/mol. The van der Waals surface area contributed by atoms with E-state index in [0.29, 0.717) is 27.8 Å². The molecule has 1 aliphatic heterocycles. The summed E-state index contributed by atoms with van der Waals surface area (Å²) in [6.45, 7) is 8.20. The maximum absolute atomic E-state index is 13.5. The summed E-state index contributed by atoms with van der Waals surface area (Å²) in [6.07, 6.45) is 0. The summed E-state index contributed by atoms with van der Waals surface area (Å²) in [5.41, 5.74) is 5.83. The predicted octanol–water partition coefficient (Wildman–Crippen LogP) is 6.48. The van der Waals surface area contributed by atoms with E-state index in [4.69, 9.17) is 11.6 Å². The van der Waals surface area contributed by atoms with Gasteiger partial charge in [0.25, 0.3) is 11.8 Å². The number of imide groups is 1. The Morgan fingerprint density at radius 3 is 1.97 bits per heavy atom. The average Bonchev–Trinajstić information content (AvgIpc) is 2.97. The summed E-state index contributed by atoms with van der Waals surface area (Å²) < 4.78 is 0. The molecule has 0 unspecified atom stereocenters. The molecule has 5 heteroatoms. The molecule has 162 valence electrons. The number of nitrogens with zero attached hydrogens (tertiary/aromatic N) is 1. The minimum absolute atomic E-state index is 0.259. The van der Waals surface area contributed by atoms with Gasteiger partial charge in [-0.2, -0.15) is 0 Å². The fourth-order valence-corrected chi connectivity index (χ4v) is 4.09. The third-order valence-electron chi connectivity index (χ3n) is 5.53. The number of anilines is 2. The van der Waals surface area contributed by atoms with Gasteiger partial charge < -0.3 is 5.32 Å². The van der Waals surface area contributed by atoms with Gasteiger partial charge in [0.05, 0.1) is 11.3 Å². The third-order valence-corrected chi connectivity index (χ3v) is 5.78. The Morgan fingerprint density at radius 2 is 1.41 bits per heavy atom. The van der Waals surface area contributed by atoms with Crippen LogP contribution in [0.2, 0.25) is 5.02 Å². The van der Waals surface area contributed by atoms with Crippen molar-refractivity contribution in [3.63, 3.8) is 0 Å². The van der Waals surface area contributed by atoms with Crippen molar-refractivity contribution in [3.8, 4) is 0 Å². The second kappa shape index (κ2) is 8.64. The number of amides is 2. The van der Waals surface area contributed by atoms with Crippen LogP contribution in [0.3, 0.4) is 0 Å². The number of hydrogen-bond acceptors (Lipinski definition) is 3. The highest BCUT2D eigenvalue weighted by Gasteiger charge is 2.40. The highest BCUT2D eigenvalue weighted by atomic mass is 35.5. The lowest BCUT2D eigenvalue weighted by molar-refractivity contribution is -0.120. The molecule has 3 aromatic rings. The highest BCUT2D eigenvalue weighted by Crippen LogP contribution is 2.35. The van der Waals surface area contributed by atoms with Crippen molar-refractivity contribution in [2.75, 3.05) is 10.2 Å². The molecule has 4 nitrogen and oxygen atoms in total. The first-order valence-electron chi connectivity index (χ1n) is 10.6. The topological polar surface area (TPSA) is 49.4 Å². The summed E-state index contributed by atoms with van der Waals surface area (Å²) in [7, 11) is 0. The Morgan fingerprint density at radius 1 is 0.812 bits per heavy atom. The lowest BCUT2D eigenvalue weighted by atomic mass is 10.0. The zero-order chi connectivity index (χ0) is 23.0. The molecular formula is C27H25ClN2O2. The van der Waals surface area contributed by atoms with Crippen LogP contribution in [0.25, 0.3) is 5.57 Å². The molecule has 0 aromatic heterocycles. The summed E-state index contributed by atoms with van der Waals surface area (Å²) in [6, 6.07) is 20.5. The van der Waals surface area contributed by atoms with E-state index in [2.05, 4.69) is 25.2 Å². The van der Waals surface area contributed by atoms with Gasteiger partial charge in [0.1, 0.15) is 5.70 Å². The second-order valence-corrected chi connectivity index (χ2v) is 8.89. The van der Waals surface area contributed by atoms with Crippen molar-refractivity contribution in [3.05, 3.63) is 99.7 Å². The number of hydrogen-bond donors (Lipinski definition) is 1. The van der Waals surface area contributed by atoms with Crippen LogP contribution in [0.15, 0.2) is 72.4 Å². The molecule has 0 radical (unpaired) electrons. The van der Waals surface area contributed by atoms with Crippen molar-refractivity contribution >= 4 is 40.4 Å². The first kappa shape index (κ1) is 21.8. The first-order chi connectivity index (χ1) is 15.2. The van der Waals surface area contributed by atoms with Crippen molar-refractivity contribution in [2.24, 2.45) is 0 Å². The SMILES string of the molecule is Cc1cc(C)cc(NC2=C(c3ccc(Cl)cc3)C(=O)N(c3ccc(C(C)C)cc3)C2=O)c1. The lowest BCUT2D eigenvalue weighted by Gasteiger charge is -2.17. The van der Waals surface area contributed by atoms with E-state index in [0.717, 1.165) is 22.4 Å². The minimum atomic E-state index is -0.378. The van der Waals surface area contributed by atoms with Crippen molar-refractivity contribution in [1.29, 1.82) is 0 Å². The van der Waals surface area contributed by atoms with E-state index in [1.54, 1.807) is 24.3 Å². The first-order valence-corrected chi connectivity index (χ1v) is 11.0. The molecule has 1 N–H and O–H groups in total. The monoisotopic (exact) mass is 444 g/mol. The Hall–Kier alpha value is -3.37. The van der Waals surface area contributed by atoms with E-state index < -0.39 is 0 Å². The van der Waals surface area contributed by atoms with Crippen LogP contribution in [0.1, 0.15) is 42.0 Å². The molecule has 0 saturated heterocycles. The van der Waals surface area contributed by atoms with Crippen molar-refractivity contribution < 1.29 is 9.59 Å². The van der Waals surface area contributed by atoms with Gasteiger partial charge >= 0.3 is 0 Å². The molecule has 0 fully saturated rings. The summed E-state index contributed by atoms with van der Waals surface area (Å²) in [5.74, 6) is -0.378. The van der Waals surface area contributed by atoms with E-state index in [-0.39, 0.29) is 17.5 Å². The zero-order valence-electron chi connectivity index (χ0n) is 18.6. The molecule has 3 aromatic carbocycles. The van der Waals surface area contributed by atoms with Gasteiger partial charge in [-0.3, -0.25) is 9.59 Å². The summed E-state index contributed by atoms with van der Waals surface area (Å²) in [4.78, 5) is 28.3. The third kappa shape index (κ3) is 4.19. The number of nitrogens with one attached hydrogen (secondary N) is 1. The van der Waals surface area contributed by atoms with Gasteiger partial charge in [-0.05, 0) is 78.4 Å². The molecule has 0 aliphatic carbocycles. The van der Waals surface area contributed by atoms with E-state index in [9.17, 15) is 9.59 Å². The Bertz CT molecular complexity index is 1210. The number of halogens is 1. The Kier molecular flexibility index (Phi) is 5.90. The number of benzene rings is 3. The molecule has 32 heavy (non-hydrogen) atoms. The number of carbonyl (C=O) groups is 2. The molecule has 1 heterocycles. The molecule has 0 atom stereocenters. The summed E-state index contributed by atoms with van der Waals surface area (Å²) >= 11 is 6.06. The maximum atomic E-state index is 13.5. The van der Waals surface area contributed by atoms with Crippen molar-refractivity contribution in [2.45, 2.75) is 33.6 Å². The van der Waals surface area contributed by atoms with Crippen LogP contribution < -0.4 is 10.2 Å². The standard InChI is InChI=1S/C27H25ClN2O2/c1-16(2)19-7-11-23(12-8-19)30-26(31)24(20-5-9-21(28)10-6-20)25(27(30)32)29-22-14-17(3)13-18(4)15-22/h5-16,29H,1-4H3. The lowest BCUT2D eigenvalue weighted by Crippen LogP contribution is -2.32. The Balaban J connectivity index is 1.80. The molecule has 2 amide bonds. The summed E-state index contributed by atoms with van der Waals surface area (Å²) in [5, 5.41) is 3.80. The van der Waals surface area contributed by atoms with E-state index in [1.165, 1.54) is 4.90 Å². The quantitative estimate of drug-likeness (QED) is 0.458.